The average molecular weight is 427 g/mol. The molecular formula is C22H23FN4O2S. The van der Waals surface area contributed by atoms with E-state index in [1.807, 2.05) is 53.6 Å². The number of thioether (sulfide) groups is 1. The van der Waals surface area contributed by atoms with Crippen LogP contribution in [0.3, 0.4) is 0 Å². The van der Waals surface area contributed by atoms with E-state index in [1.54, 1.807) is 12.1 Å². The van der Waals surface area contributed by atoms with Crippen LogP contribution in [-0.4, -0.2) is 56.6 Å². The Labute approximate surface area is 179 Å². The number of carbonyl (C=O) groups is 1. The lowest BCUT2D eigenvalue weighted by Gasteiger charge is -2.35. The molecule has 0 N–H and O–H groups in total. The van der Waals surface area contributed by atoms with Crippen LogP contribution in [0.1, 0.15) is 13.8 Å². The van der Waals surface area contributed by atoms with Crippen molar-refractivity contribution >= 4 is 17.7 Å². The molecule has 1 aliphatic heterocycles. The van der Waals surface area contributed by atoms with Gasteiger partial charge in [-0.1, -0.05) is 42.1 Å². The van der Waals surface area contributed by atoms with Crippen molar-refractivity contribution in [1.82, 2.24) is 19.7 Å². The minimum absolute atomic E-state index is 0.0234. The number of hydrogen-bond donors (Lipinski definition) is 0. The molecule has 1 aromatic heterocycles. The maximum Gasteiger partial charge on any atom is 0.233 e. The van der Waals surface area contributed by atoms with Gasteiger partial charge in [0.15, 0.2) is 11.0 Å². The van der Waals surface area contributed by atoms with E-state index in [9.17, 15) is 9.18 Å². The molecule has 0 unspecified atom stereocenters. The zero-order valence-electron chi connectivity index (χ0n) is 16.9. The highest BCUT2D eigenvalue weighted by atomic mass is 32.2. The number of carbonyl (C=O) groups excluding carboxylic acids is 1. The SMILES string of the molecule is C[C@@H]1CN(C(=O)CSc2nnc(-c3ccccc3)n2-c2ccc(F)cc2)C[C@@H](C)O1. The third kappa shape index (κ3) is 4.55. The zero-order chi connectivity index (χ0) is 21.1. The minimum Gasteiger partial charge on any atom is -0.372 e. The first-order chi connectivity index (χ1) is 14.5. The fourth-order valence-corrected chi connectivity index (χ4v) is 4.41. The molecule has 8 heteroatoms. The summed E-state index contributed by atoms with van der Waals surface area (Å²) in [6.45, 7) is 5.12. The monoisotopic (exact) mass is 426 g/mol. The Balaban J connectivity index is 1.59. The molecule has 0 saturated carbocycles. The van der Waals surface area contributed by atoms with Crippen molar-refractivity contribution in [2.24, 2.45) is 0 Å². The molecule has 2 atom stereocenters. The Bertz CT molecular complexity index is 1000. The van der Waals surface area contributed by atoms with Gasteiger partial charge < -0.3 is 9.64 Å². The Morgan fingerprint density at radius 1 is 1.07 bits per heavy atom. The van der Waals surface area contributed by atoms with Crippen molar-refractivity contribution in [2.45, 2.75) is 31.2 Å². The van der Waals surface area contributed by atoms with Gasteiger partial charge in [-0.2, -0.15) is 0 Å². The number of nitrogens with zero attached hydrogens (tertiary/aromatic N) is 4. The topological polar surface area (TPSA) is 60.2 Å². The van der Waals surface area contributed by atoms with Crippen molar-refractivity contribution in [3.8, 4) is 17.1 Å². The molecule has 4 rings (SSSR count). The molecule has 0 bridgehead atoms. The van der Waals surface area contributed by atoms with E-state index < -0.39 is 0 Å². The zero-order valence-corrected chi connectivity index (χ0v) is 17.7. The van der Waals surface area contributed by atoms with Crippen molar-refractivity contribution in [1.29, 1.82) is 0 Å². The van der Waals surface area contributed by atoms with Crippen LogP contribution in [0.4, 0.5) is 4.39 Å². The third-order valence-corrected chi connectivity index (χ3v) is 5.76. The van der Waals surface area contributed by atoms with E-state index in [0.29, 0.717) is 24.1 Å². The van der Waals surface area contributed by atoms with E-state index in [-0.39, 0.29) is 29.7 Å². The van der Waals surface area contributed by atoms with Crippen LogP contribution >= 0.6 is 11.8 Å². The van der Waals surface area contributed by atoms with Crippen LogP contribution < -0.4 is 0 Å². The van der Waals surface area contributed by atoms with Gasteiger partial charge in [0.25, 0.3) is 0 Å². The van der Waals surface area contributed by atoms with Gasteiger partial charge in [-0.25, -0.2) is 4.39 Å². The van der Waals surface area contributed by atoms with Crippen molar-refractivity contribution in [3.63, 3.8) is 0 Å². The summed E-state index contributed by atoms with van der Waals surface area (Å²) in [4.78, 5) is 14.6. The number of hydrogen-bond acceptors (Lipinski definition) is 5. The number of halogens is 1. The number of amides is 1. The standard InChI is InChI=1S/C22H23FN4O2S/c1-15-12-26(13-16(2)29-15)20(28)14-30-22-25-24-21(17-6-4-3-5-7-17)27(22)19-10-8-18(23)9-11-19/h3-11,15-16H,12-14H2,1-2H3/t15-,16-/m1/s1. The van der Waals surface area contributed by atoms with Gasteiger partial charge in [-0.3, -0.25) is 9.36 Å². The first-order valence-corrected chi connectivity index (χ1v) is 10.8. The first-order valence-electron chi connectivity index (χ1n) is 9.84. The van der Waals surface area contributed by atoms with Crippen LogP contribution in [0.15, 0.2) is 59.8 Å². The van der Waals surface area contributed by atoms with E-state index in [0.717, 1.165) is 11.3 Å². The summed E-state index contributed by atoms with van der Waals surface area (Å²) in [5, 5.41) is 9.26. The molecular weight excluding hydrogens is 403 g/mol. The second kappa shape index (κ2) is 8.97. The highest BCUT2D eigenvalue weighted by Crippen LogP contribution is 2.28. The lowest BCUT2D eigenvalue weighted by Crippen LogP contribution is -2.48. The predicted molar refractivity (Wildman–Crippen MR) is 114 cm³/mol. The molecule has 0 radical (unpaired) electrons. The van der Waals surface area contributed by atoms with E-state index >= 15 is 0 Å². The van der Waals surface area contributed by atoms with Crippen molar-refractivity contribution in [3.05, 3.63) is 60.4 Å². The summed E-state index contributed by atoms with van der Waals surface area (Å²) in [6, 6.07) is 15.8. The number of benzene rings is 2. The second-order valence-corrected chi connectivity index (χ2v) is 8.27. The summed E-state index contributed by atoms with van der Waals surface area (Å²) in [5.41, 5.74) is 1.63. The maximum absolute atomic E-state index is 13.5. The van der Waals surface area contributed by atoms with E-state index in [1.165, 1.54) is 23.9 Å². The molecule has 156 valence electrons. The molecule has 2 heterocycles. The normalized spacial score (nSPS) is 19.1. The quantitative estimate of drug-likeness (QED) is 0.581. The molecule has 0 spiro atoms. The lowest BCUT2D eigenvalue weighted by molar-refractivity contribution is -0.140. The van der Waals surface area contributed by atoms with Crippen molar-refractivity contribution in [2.75, 3.05) is 18.8 Å². The maximum atomic E-state index is 13.5. The summed E-state index contributed by atoms with van der Waals surface area (Å²) in [7, 11) is 0. The Kier molecular flexibility index (Phi) is 6.15. The Morgan fingerprint density at radius 2 is 1.73 bits per heavy atom. The number of rotatable bonds is 5. The fraction of sp³-hybridized carbons (Fsp3) is 0.318. The highest BCUT2D eigenvalue weighted by molar-refractivity contribution is 7.99. The fourth-order valence-electron chi connectivity index (χ4n) is 3.56. The largest absolute Gasteiger partial charge is 0.372 e. The Morgan fingerprint density at radius 3 is 2.40 bits per heavy atom. The average Bonchev–Trinajstić information content (AvgIpc) is 3.16. The van der Waals surface area contributed by atoms with Crippen LogP contribution in [0.2, 0.25) is 0 Å². The van der Waals surface area contributed by atoms with Crippen LogP contribution in [0.5, 0.6) is 0 Å². The van der Waals surface area contributed by atoms with Gasteiger partial charge in [0.05, 0.1) is 18.0 Å². The predicted octanol–water partition coefficient (Wildman–Crippen LogP) is 3.80. The summed E-state index contributed by atoms with van der Waals surface area (Å²) >= 11 is 1.33. The summed E-state index contributed by atoms with van der Waals surface area (Å²) in [5.74, 6) is 0.615. The molecule has 1 fully saturated rings. The van der Waals surface area contributed by atoms with Gasteiger partial charge in [0, 0.05) is 24.3 Å². The number of ether oxygens (including phenoxy) is 1. The highest BCUT2D eigenvalue weighted by Gasteiger charge is 2.26. The van der Waals surface area contributed by atoms with Gasteiger partial charge in [0.2, 0.25) is 5.91 Å². The Hall–Kier alpha value is -2.71. The molecule has 2 aromatic carbocycles. The third-order valence-electron chi connectivity index (χ3n) is 4.85. The van der Waals surface area contributed by atoms with Crippen LogP contribution in [0, 0.1) is 5.82 Å². The minimum atomic E-state index is -0.312. The van der Waals surface area contributed by atoms with Crippen LogP contribution in [0.25, 0.3) is 17.1 Å². The molecule has 6 nitrogen and oxygen atoms in total. The molecule has 0 aliphatic carbocycles. The molecule has 30 heavy (non-hydrogen) atoms. The van der Waals surface area contributed by atoms with Gasteiger partial charge in [-0.05, 0) is 38.1 Å². The summed E-state index contributed by atoms with van der Waals surface area (Å²) < 4.78 is 21.0. The first kappa shape index (κ1) is 20.6. The van der Waals surface area contributed by atoms with Gasteiger partial charge in [-0.15, -0.1) is 10.2 Å². The molecule has 1 amide bonds. The van der Waals surface area contributed by atoms with E-state index in [4.69, 9.17) is 4.74 Å². The second-order valence-electron chi connectivity index (χ2n) is 7.33. The number of morpholine rings is 1. The number of aromatic nitrogens is 3. The molecule has 1 saturated heterocycles. The van der Waals surface area contributed by atoms with E-state index in [2.05, 4.69) is 10.2 Å². The smallest absolute Gasteiger partial charge is 0.233 e. The van der Waals surface area contributed by atoms with Gasteiger partial charge >= 0.3 is 0 Å². The molecule has 3 aromatic rings. The van der Waals surface area contributed by atoms with Gasteiger partial charge in [0.1, 0.15) is 5.82 Å². The summed E-state index contributed by atoms with van der Waals surface area (Å²) in [6.07, 6.45) is 0.0468. The van der Waals surface area contributed by atoms with Crippen molar-refractivity contribution < 1.29 is 13.9 Å². The molecule has 1 aliphatic rings. The lowest BCUT2D eigenvalue weighted by atomic mass is 10.2. The van der Waals surface area contributed by atoms with Crippen LogP contribution in [-0.2, 0) is 9.53 Å².